The average molecular weight is 518 g/mol. The SMILES string of the molecule is CCCCCC(=Nc1ccc(N(CC)CC)cc1)C(CCCC)=Nc1ccc(CCCC)c(CCCC)c1. The van der Waals surface area contributed by atoms with Gasteiger partial charge in [0, 0.05) is 18.8 Å². The summed E-state index contributed by atoms with van der Waals surface area (Å²) in [6, 6.07) is 15.7. The van der Waals surface area contributed by atoms with Gasteiger partial charge < -0.3 is 4.90 Å². The summed E-state index contributed by atoms with van der Waals surface area (Å²) in [6.07, 6.45) is 15.2. The molecule has 0 bridgehead atoms. The Morgan fingerprint density at radius 3 is 1.66 bits per heavy atom. The molecule has 3 nitrogen and oxygen atoms in total. The molecule has 210 valence electrons. The second kappa shape index (κ2) is 18.8. The van der Waals surface area contributed by atoms with Crippen LogP contribution in [0.4, 0.5) is 17.1 Å². The van der Waals surface area contributed by atoms with Crippen LogP contribution in [0.1, 0.15) is 123 Å². The minimum absolute atomic E-state index is 0.987. The zero-order chi connectivity index (χ0) is 27.6. The highest BCUT2D eigenvalue weighted by Gasteiger charge is 2.12. The number of aliphatic imine (C=N–C) groups is 2. The summed E-state index contributed by atoms with van der Waals surface area (Å²) < 4.78 is 0. The monoisotopic (exact) mass is 517 g/mol. The Hall–Kier alpha value is -2.42. The van der Waals surface area contributed by atoms with Crippen LogP contribution in [0.5, 0.6) is 0 Å². The summed E-state index contributed by atoms with van der Waals surface area (Å²) in [6.45, 7) is 15.6. The van der Waals surface area contributed by atoms with Gasteiger partial charge in [0.25, 0.3) is 0 Å². The van der Waals surface area contributed by atoms with E-state index in [1.807, 2.05) is 0 Å². The fourth-order valence-corrected chi connectivity index (χ4v) is 4.95. The summed E-state index contributed by atoms with van der Waals surface area (Å²) >= 11 is 0. The van der Waals surface area contributed by atoms with Crippen molar-refractivity contribution in [3.8, 4) is 0 Å². The first-order valence-corrected chi connectivity index (χ1v) is 15.7. The number of unbranched alkanes of at least 4 members (excludes halogenated alkanes) is 5. The standard InChI is InChI=1S/C35H55N3/c1-7-13-17-21-35(36-31-24-26-33(27-25-31)38(11-5)12-6)34(20-16-10-4)37-32-23-22-29(18-14-8-2)30(28-32)19-15-9-3/h22-28H,7-21H2,1-6H3. The van der Waals surface area contributed by atoms with E-state index in [-0.39, 0.29) is 0 Å². The Labute approximate surface area is 234 Å². The smallest absolute Gasteiger partial charge is 0.0636 e. The molecule has 0 unspecified atom stereocenters. The zero-order valence-electron chi connectivity index (χ0n) is 25.5. The maximum Gasteiger partial charge on any atom is 0.0636 e. The molecule has 0 saturated carbocycles. The van der Waals surface area contributed by atoms with E-state index in [0.29, 0.717) is 0 Å². The summed E-state index contributed by atoms with van der Waals surface area (Å²) in [4.78, 5) is 12.9. The molecule has 0 aliphatic rings. The van der Waals surface area contributed by atoms with Crippen molar-refractivity contribution >= 4 is 28.5 Å². The molecule has 0 spiro atoms. The number of anilines is 1. The molecular formula is C35H55N3. The van der Waals surface area contributed by atoms with E-state index in [4.69, 9.17) is 9.98 Å². The van der Waals surface area contributed by atoms with Gasteiger partial charge in [0.2, 0.25) is 0 Å². The highest BCUT2D eigenvalue weighted by Crippen LogP contribution is 2.25. The van der Waals surface area contributed by atoms with Crippen LogP contribution in [0.2, 0.25) is 0 Å². The molecule has 0 atom stereocenters. The van der Waals surface area contributed by atoms with Crippen molar-refractivity contribution in [2.24, 2.45) is 9.98 Å². The van der Waals surface area contributed by atoms with Crippen molar-refractivity contribution in [1.82, 2.24) is 0 Å². The van der Waals surface area contributed by atoms with Crippen molar-refractivity contribution in [1.29, 1.82) is 0 Å². The van der Waals surface area contributed by atoms with E-state index in [2.05, 4.69) is 88.9 Å². The molecule has 0 aliphatic carbocycles. The number of nitrogens with zero attached hydrogens (tertiary/aromatic N) is 3. The van der Waals surface area contributed by atoms with E-state index in [1.54, 1.807) is 0 Å². The van der Waals surface area contributed by atoms with Gasteiger partial charge >= 0.3 is 0 Å². The van der Waals surface area contributed by atoms with Crippen molar-refractivity contribution in [3.63, 3.8) is 0 Å². The fourth-order valence-electron chi connectivity index (χ4n) is 4.95. The third-order valence-corrected chi connectivity index (χ3v) is 7.41. The van der Waals surface area contributed by atoms with Gasteiger partial charge in [-0.1, -0.05) is 65.9 Å². The lowest BCUT2D eigenvalue weighted by Gasteiger charge is -2.20. The molecule has 2 aromatic rings. The molecule has 3 heteroatoms. The van der Waals surface area contributed by atoms with Crippen molar-refractivity contribution in [2.45, 2.75) is 125 Å². The first kappa shape index (κ1) is 31.8. The normalized spacial score (nSPS) is 12.3. The number of benzene rings is 2. The third kappa shape index (κ3) is 10.8. The Morgan fingerprint density at radius 1 is 0.553 bits per heavy atom. The lowest BCUT2D eigenvalue weighted by atomic mass is 9.97. The minimum Gasteiger partial charge on any atom is -0.372 e. The highest BCUT2D eigenvalue weighted by molar-refractivity contribution is 6.43. The third-order valence-electron chi connectivity index (χ3n) is 7.41. The van der Waals surface area contributed by atoms with Crippen LogP contribution in [0, 0.1) is 0 Å². The first-order valence-electron chi connectivity index (χ1n) is 15.7. The van der Waals surface area contributed by atoms with E-state index in [0.717, 1.165) is 63.0 Å². The number of rotatable bonds is 19. The van der Waals surface area contributed by atoms with Crippen molar-refractivity contribution < 1.29 is 0 Å². The predicted molar refractivity (Wildman–Crippen MR) is 172 cm³/mol. The van der Waals surface area contributed by atoms with Gasteiger partial charge in [0.1, 0.15) is 0 Å². The molecule has 0 radical (unpaired) electrons. The van der Waals surface area contributed by atoms with Crippen LogP contribution in [0.15, 0.2) is 52.4 Å². The molecule has 0 saturated heterocycles. The summed E-state index contributed by atoms with van der Waals surface area (Å²) in [5, 5.41) is 0. The van der Waals surface area contributed by atoms with Gasteiger partial charge in [-0.15, -0.1) is 0 Å². The average Bonchev–Trinajstić information content (AvgIpc) is 2.94. The predicted octanol–water partition coefficient (Wildman–Crippen LogP) is 10.8. The van der Waals surface area contributed by atoms with Gasteiger partial charge in [-0.05, 0) is 113 Å². The largest absolute Gasteiger partial charge is 0.372 e. The summed E-state index contributed by atoms with van der Waals surface area (Å²) in [5.74, 6) is 0. The topological polar surface area (TPSA) is 28.0 Å². The lowest BCUT2D eigenvalue weighted by Crippen LogP contribution is -2.21. The zero-order valence-corrected chi connectivity index (χ0v) is 25.5. The first-order chi connectivity index (χ1) is 18.6. The quantitative estimate of drug-likeness (QED) is 0.134. The van der Waals surface area contributed by atoms with Crippen LogP contribution in [0.25, 0.3) is 0 Å². The van der Waals surface area contributed by atoms with E-state index < -0.39 is 0 Å². The number of hydrogen-bond donors (Lipinski definition) is 0. The molecule has 0 fully saturated rings. The lowest BCUT2D eigenvalue weighted by molar-refractivity contribution is 0.742. The Balaban J connectivity index is 2.47. The van der Waals surface area contributed by atoms with Crippen LogP contribution >= 0.6 is 0 Å². The van der Waals surface area contributed by atoms with Gasteiger partial charge in [-0.25, -0.2) is 0 Å². The minimum atomic E-state index is 0.987. The molecule has 0 heterocycles. The fraction of sp³-hybridized carbons (Fsp3) is 0.600. The Bertz CT molecular complexity index is 967. The second-order valence-electron chi connectivity index (χ2n) is 10.5. The molecule has 2 aromatic carbocycles. The molecule has 0 aliphatic heterocycles. The van der Waals surface area contributed by atoms with Gasteiger partial charge in [-0.2, -0.15) is 0 Å². The second-order valence-corrected chi connectivity index (χ2v) is 10.5. The molecule has 0 amide bonds. The Morgan fingerprint density at radius 2 is 1.08 bits per heavy atom. The van der Waals surface area contributed by atoms with Crippen LogP contribution in [0.3, 0.4) is 0 Å². The summed E-state index contributed by atoms with van der Waals surface area (Å²) in [7, 11) is 0. The van der Waals surface area contributed by atoms with Gasteiger partial charge in [-0.3, -0.25) is 9.98 Å². The van der Waals surface area contributed by atoms with Gasteiger partial charge in [0.15, 0.2) is 0 Å². The van der Waals surface area contributed by atoms with Gasteiger partial charge in [0.05, 0.1) is 22.8 Å². The highest BCUT2D eigenvalue weighted by atomic mass is 15.1. The maximum absolute atomic E-state index is 5.31. The molecule has 0 aromatic heterocycles. The van der Waals surface area contributed by atoms with Crippen LogP contribution < -0.4 is 4.90 Å². The van der Waals surface area contributed by atoms with E-state index >= 15 is 0 Å². The Kier molecular flexibility index (Phi) is 15.7. The number of aryl methyl sites for hydroxylation is 2. The van der Waals surface area contributed by atoms with Crippen molar-refractivity contribution in [3.05, 3.63) is 53.6 Å². The van der Waals surface area contributed by atoms with E-state index in [9.17, 15) is 0 Å². The number of hydrogen-bond acceptors (Lipinski definition) is 3. The van der Waals surface area contributed by atoms with Crippen LogP contribution in [-0.4, -0.2) is 24.5 Å². The maximum atomic E-state index is 5.31. The molecular weight excluding hydrogens is 462 g/mol. The van der Waals surface area contributed by atoms with Crippen molar-refractivity contribution in [2.75, 3.05) is 18.0 Å². The molecule has 0 N–H and O–H groups in total. The van der Waals surface area contributed by atoms with Crippen LogP contribution in [-0.2, 0) is 12.8 Å². The summed E-state index contributed by atoms with van der Waals surface area (Å²) in [5.41, 5.74) is 8.76. The van der Waals surface area contributed by atoms with E-state index in [1.165, 1.54) is 73.2 Å². The molecule has 2 rings (SSSR count). The molecule has 38 heavy (non-hydrogen) atoms.